The van der Waals surface area contributed by atoms with Crippen LogP contribution in [-0.2, 0) is 16.1 Å². The average molecular weight is 245 g/mol. The van der Waals surface area contributed by atoms with Crippen LogP contribution in [-0.4, -0.2) is 33.6 Å². The summed E-state index contributed by atoms with van der Waals surface area (Å²) in [6.45, 7) is 3.58. The summed E-state index contributed by atoms with van der Waals surface area (Å²) in [5, 5.41) is 0. The van der Waals surface area contributed by atoms with Gasteiger partial charge in [0, 0.05) is 20.5 Å². The molecule has 0 bridgehead atoms. The number of benzene rings is 1. The number of carbonyl (C=O) groups is 2. The van der Waals surface area contributed by atoms with E-state index in [-0.39, 0.29) is 0 Å². The third kappa shape index (κ3) is 2.40. The van der Waals surface area contributed by atoms with E-state index in [0.29, 0.717) is 6.54 Å². The Morgan fingerprint density at radius 1 is 1.39 bits per heavy atom. The van der Waals surface area contributed by atoms with Crippen molar-refractivity contribution >= 4 is 22.7 Å². The highest BCUT2D eigenvalue weighted by Gasteiger charge is 2.14. The molecule has 0 unspecified atom stereocenters. The molecule has 0 aliphatic rings. The standard InChI is InChI=1S/C13H15N3O2/c1-8(17)13(18)16(3)7-10-4-5-11-12(6-10)15-9(2)14-11/h4-6H,7H2,1-3H3,(H,14,15). The number of hydrogen-bond acceptors (Lipinski definition) is 3. The Bertz CT molecular complexity index is 616. The number of carbonyl (C=O) groups excluding carboxylic acids is 2. The lowest BCUT2D eigenvalue weighted by molar-refractivity contribution is -0.143. The molecule has 5 nitrogen and oxygen atoms in total. The summed E-state index contributed by atoms with van der Waals surface area (Å²) in [7, 11) is 1.62. The number of nitrogens with zero attached hydrogens (tertiary/aromatic N) is 2. The molecule has 0 spiro atoms. The van der Waals surface area contributed by atoms with Crippen LogP contribution in [0.2, 0.25) is 0 Å². The van der Waals surface area contributed by atoms with Crippen molar-refractivity contribution in [1.29, 1.82) is 0 Å². The number of aromatic nitrogens is 2. The van der Waals surface area contributed by atoms with E-state index in [4.69, 9.17) is 0 Å². The lowest BCUT2D eigenvalue weighted by atomic mass is 10.2. The number of likely N-dealkylation sites (N-methyl/N-ethyl adjacent to an activating group) is 1. The Kier molecular flexibility index (Phi) is 3.14. The first kappa shape index (κ1) is 12.3. The highest BCUT2D eigenvalue weighted by atomic mass is 16.2. The summed E-state index contributed by atoms with van der Waals surface area (Å²) in [6, 6.07) is 5.76. The van der Waals surface area contributed by atoms with Crippen LogP contribution in [0.4, 0.5) is 0 Å². The molecule has 0 radical (unpaired) electrons. The van der Waals surface area contributed by atoms with E-state index in [9.17, 15) is 9.59 Å². The molecule has 2 aromatic rings. The molecule has 1 heterocycles. The molecule has 1 amide bonds. The molecule has 0 fully saturated rings. The molecule has 0 aliphatic carbocycles. The second kappa shape index (κ2) is 4.60. The molecule has 2 rings (SSSR count). The van der Waals surface area contributed by atoms with Gasteiger partial charge in [0.15, 0.2) is 0 Å². The van der Waals surface area contributed by atoms with E-state index >= 15 is 0 Å². The second-order valence-corrected chi connectivity index (χ2v) is 4.39. The largest absolute Gasteiger partial charge is 0.342 e. The van der Waals surface area contributed by atoms with Gasteiger partial charge < -0.3 is 9.88 Å². The number of aryl methyl sites for hydroxylation is 1. The predicted octanol–water partition coefficient (Wildman–Crippen LogP) is 1.42. The molecule has 94 valence electrons. The number of nitrogens with one attached hydrogen (secondary N) is 1. The number of fused-ring (bicyclic) bond motifs is 1. The van der Waals surface area contributed by atoms with Gasteiger partial charge in [0.1, 0.15) is 5.82 Å². The van der Waals surface area contributed by atoms with E-state index in [2.05, 4.69) is 9.97 Å². The van der Waals surface area contributed by atoms with Crippen LogP contribution in [0.3, 0.4) is 0 Å². The molecule has 0 saturated carbocycles. The zero-order chi connectivity index (χ0) is 13.3. The van der Waals surface area contributed by atoms with Crippen molar-refractivity contribution in [3.8, 4) is 0 Å². The van der Waals surface area contributed by atoms with E-state index in [1.807, 2.05) is 25.1 Å². The number of hydrogen-bond donors (Lipinski definition) is 1. The minimum atomic E-state index is -0.476. The Balaban J connectivity index is 2.21. The van der Waals surface area contributed by atoms with Crippen molar-refractivity contribution < 1.29 is 9.59 Å². The fraction of sp³-hybridized carbons (Fsp3) is 0.308. The van der Waals surface area contributed by atoms with Crippen molar-refractivity contribution in [1.82, 2.24) is 14.9 Å². The van der Waals surface area contributed by atoms with Gasteiger partial charge in [-0.2, -0.15) is 0 Å². The SMILES string of the molecule is CC(=O)C(=O)N(C)Cc1ccc2nc(C)[nH]c2c1. The first-order chi connectivity index (χ1) is 8.47. The third-order valence-corrected chi connectivity index (χ3v) is 2.73. The normalized spacial score (nSPS) is 10.6. The van der Waals surface area contributed by atoms with Crippen molar-refractivity contribution in [3.63, 3.8) is 0 Å². The van der Waals surface area contributed by atoms with E-state index in [0.717, 1.165) is 22.4 Å². The van der Waals surface area contributed by atoms with Crippen molar-refractivity contribution in [3.05, 3.63) is 29.6 Å². The second-order valence-electron chi connectivity index (χ2n) is 4.39. The maximum absolute atomic E-state index is 11.5. The maximum atomic E-state index is 11.5. The van der Waals surface area contributed by atoms with Gasteiger partial charge in [0.05, 0.1) is 11.0 Å². The molecule has 0 saturated heterocycles. The van der Waals surface area contributed by atoms with Gasteiger partial charge in [-0.25, -0.2) is 4.98 Å². The summed E-state index contributed by atoms with van der Waals surface area (Å²) in [5.41, 5.74) is 2.80. The molecule has 1 N–H and O–H groups in total. The van der Waals surface area contributed by atoms with Crippen LogP contribution in [0.1, 0.15) is 18.3 Å². The third-order valence-electron chi connectivity index (χ3n) is 2.73. The minimum Gasteiger partial charge on any atom is -0.342 e. The Labute approximate surface area is 105 Å². The number of amides is 1. The molecule has 18 heavy (non-hydrogen) atoms. The van der Waals surface area contributed by atoms with Crippen LogP contribution in [0.25, 0.3) is 11.0 Å². The van der Waals surface area contributed by atoms with Gasteiger partial charge >= 0.3 is 0 Å². The number of imidazole rings is 1. The number of ketones is 1. The number of H-pyrrole nitrogens is 1. The topological polar surface area (TPSA) is 66.1 Å². The Hall–Kier alpha value is -2.17. The predicted molar refractivity (Wildman–Crippen MR) is 68.0 cm³/mol. The number of rotatable bonds is 3. The highest BCUT2D eigenvalue weighted by Crippen LogP contribution is 2.14. The van der Waals surface area contributed by atoms with E-state index < -0.39 is 11.7 Å². The van der Waals surface area contributed by atoms with Gasteiger partial charge in [-0.1, -0.05) is 6.07 Å². The van der Waals surface area contributed by atoms with Crippen LogP contribution in [0.5, 0.6) is 0 Å². The van der Waals surface area contributed by atoms with E-state index in [1.165, 1.54) is 11.8 Å². The van der Waals surface area contributed by atoms with Gasteiger partial charge in [-0.15, -0.1) is 0 Å². The molecular formula is C13H15N3O2. The van der Waals surface area contributed by atoms with Gasteiger partial charge in [-0.05, 0) is 24.6 Å². The van der Waals surface area contributed by atoms with Crippen LogP contribution < -0.4 is 0 Å². The zero-order valence-electron chi connectivity index (χ0n) is 10.7. The van der Waals surface area contributed by atoms with Gasteiger partial charge in [0.25, 0.3) is 5.91 Å². The molecule has 5 heteroatoms. The summed E-state index contributed by atoms with van der Waals surface area (Å²) in [6.07, 6.45) is 0. The Morgan fingerprint density at radius 3 is 2.78 bits per heavy atom. The highest BCUT2D eigenvalue weighted by molar-refractivity contribution is 6.34. The van der Waals surface area contributed by atoms with Crippen molar-refractivity contribution in [2.75, 3.05) is 7.05 Å². The smallest absolute Gasteiger partial charge is 0.289 e. The first-order valence-corrected chi connectivity index (χ1v) is 5.68. The van der Waals surface area contributed by atoms with Crippen molar-refractivity contribution in [2.45, 2.75) is 20.4 Å². The fourth-order valence-corrected chi connectivity index (χ4v) is 1.90. The summed E-state index contributed by atoms with van der Waals surface area (Å²) < 4.78 is 0. The van der Waals surface area contributed by atoms with Crippen LogP contribution >= 0.6 is 0 Å². The fourth-order valence-electron chi connectivity index (χ4n) is 1.90. The maximum Gasteiger partial charge on any atom is 0.289 e. The first-order valence-electron chi connectivity index (χ1n) is 5.68. The molecule has 0 atom stereocenters. The monoisotopic (exact) mass is 245 g/mol. The van der Waals surface area contributed by atoms with Crippen molar-refractivity contribution in [2.24, 2.45) is 0 Å². The van der Waals surface area contributed by atoms with E-state index in [1.54, 1.807) is 7.05 Å². The number of Topliss-reactive ketones (excluding diaryl/α,β-unsaturated/α-hetero) is 1. The molecule has 1 aromatic heterocycles. The quantitative estimate of drug-likeness (QED) is 0.832. The minimum absolute atomic E-state index is 0.409. The summed E-state index contributed by atoms with van der Waals surface area (Å²) in [5.74, 6) is -0.0674. The lowest BCUT2D eigenvalue weighted by Gasteiger charge is -2.15. The molecule has 1 aromatic carbocycles. The van der Waals surface area contributed by atoms with Gasteiger partial charge in [0.2, 0.25) is 5.78 Å². The zero-order valence-corrected chi connectivity index (χ0v) is 10.7. The number of aromatic amines is 1. The molecule has 0 aliphatic heterocycles. The van der Waals surface area contributed by atoms with Crippen LogP contribution in [0, 0.1) is 6.92 Å². The summed E-state index contributed by atoms with van der Waals surface area (Å²) in [4.78, 5) is 31.3. The lowest BCUT2D eigenvalue weighted by Crippen LogP contribution is -2.31. The van der Waals surface area contributed by atoms with Crippen LogP contribution in [0.15, 0.2) is 18.2 Å². The Morgan fingerprint density at radius 2 is 2.11 bits per heavy atom. The van der Waals surface area contributed by atoms with Gasteiger partial charge in [-0.3, -0.25) is 9.59 Å². The summed E-state index contributed by atoms with van der Waals surface area (Å²) >= 11 is 0. The average Bonchev–Trinajstić information content (AvgIpc) is 2.67. The molecular weight excluding hydrogens is 230 g/mol.